The average molecular weight is 325 g/mol. The van der Waals surface area contributed by atoms with Crippen molar-refractivity contribution in [3.8, 4) is 11.5 Å². The highest BCUT2D eigenvalue weighted by Crippen LogP contribution is 2.28. The van der Waals surface area contributed by atoms with Gasteiger partial charge in [-0.25, -0.2) is 0 Å². The highest BCUT2D eigenvalue weighted by Gasteiger charge is 2.09. The molecule has 1 N–H and O–H groups in total. The molecule has 0 aliphatic rings. The van der Waals surface area contributed by atoms with E-state index in [4.69, 9.17) is 9.47 Å². The van der Waals surface area contributed by atoms with Gasteiger partial charge in [-0.15, -0.1) is 0 Å². The number of aryl methyl sites for hydroxylation is 2. The zero-order valence-electron chi connectivity index (χ0n) is 14.6. The van der Waals surface area contributed by atoms with Crippen molar-refractivity contribution in [1.82, 2.24) is 0 Å². The van der Waals surface area contributed by atoms with Crippen molar-refractivity contribution in [1.29, 1.82) is 0 Å². The first-order chi connectivity index (χ1) is 11.5. The van der Waals surface area contributed by atoms with Gasteiger partial charge in [-0.2, -0.15) is 0 Å². The van der Waals surface area contributed by atoms with Crippen LogP contribution < -0.4 is 14.8 Å². The van der Waals surface area contributed by atoms with Crippen LogP contribution in [0.4, 0.5) is 5.69 Å². The first-order valence-corrected chi connectivity index (χ1v) is 7.84. The Balaban J connectivity index is 2.01. The summed E-state index contributed by atoms with van der Waals surface area (Å²) in [5, 5.41) is 2.86. The van der Waals surface area contributed by atoms with Crippen molar-refractivity contribution in [2.75, 3.05) is 19.0 Å². The van der Waals surface area contributed by atoms with Crippen molar-refractivity contribution in [2.24, 2.45) is 0 Å². The van der Waals surface area contributed by atoms with E-state index >= 15 is 0 Å². The largest absolute Gasteiger partial charge is 0.493 e. The smallest absolute Gasteiger partial charge is 0.262 e. The quantitative estimate of drug-likeness (QED) is 0.858. The molecule has 0 bridgehead atoms. The molecule has 0 fully saturated rings. The predicted molar refractivity (Wildman–Crippen MR) is 97.7 cm³/mol. The van der Waals surface area contributed by atoms with E-state index in [0.717, 1.165) is 22.4 Å². The Labute approximate surface area is 143 Å². The molecule has 0 spiro atoms. The molecule has 0 saturated heterocycles. The summed E-state index contributed by atoms with van der Waals surface area (Å²) in [6.45, 7) is 5.86. The fraction of sp³-hybridized carbons (Fsp3) is 0.250. The molecule has 4 heteroatoms. The number of amides is 1. The standard InChI is InChI=1S/C20H23NO3/c1-5-6-16-8-10-18(19(12-16)23-4)24-13-20(22)21-17-9-7-14(2)11-15(17)3/h5-12H,13H2,1-4H3,(H,21,22)/b6-5+. The summed E-state index contributed by atoms with van der Waals surface area (Å²) in [5.41, 5.74) is 4.00. The van der Waals surface area contributed by atoms with E-state index in [-0.39, 0.29) is 12.5 Å². The molecular formula is C20H23NO3. The fourth-order valence-corrected chi connectivity index (χ4v) is 2.38. The van der Waals surface area contributed by atoms with E-state index in [0.29, 0.717) is 11.5 Å². The maximum atomic E-state index is 12.1. The summed E-state index contributed by atoms with van der Waals surface area (Å²) in [4.78, 5) is 12.1. The van der Waals surface area contributed by atoms with Crippen molar-refractivity contribution < 1.29 is 14.3 Å². The number of anilines is 1. The van der Waals surface area contributed by atoms with Crippen molar-refractivity contribution in [2.45, 2.75) is 20.8 Å². The van der Waals surface area contributed by atoms with Crippen molar-refractivity contribution in [3.63, 3.8) is 0 Å². The van der Waals surface area contributed by atoms with E-state index in [9.17, 15) is 4.79 Å². The van der Waals surface area contributed by atoms with Crippen LogP contribution in [0, 0.1) is 13.8 Å². The molecule has 2 rings (SSSR count). The Morgan fingerprint density at radius 1 is 1.12 bits per heavy atom. The maximum Gasteiger partial charge on any atom is 0.262 e. The minimum absolute atomic E-state index is 0.0767. The minimum atomic E-state index is -0.207. The lowest BCUT2D eigenvalue weighted by Crippen LogP contribution is -2.20. The van der Waals surface area contributed by atoms with Crippen molar-refractivity contribution in [3.05, 3.63) is 59.2 Å². The second-order valence-corrected chi connectivity index (χ2v) is 5.57. The number of nitrogens with one attached hydrogen (secondary N) is 1. The van der Waals surface area contributed by atoms with Crippen LogP contribution in [0.3, 0.4) is 0 Å². The second kappa shape index (κ2) is 8.20. The first-order valence-electron chi connectivity index (χ1n) is 7.84. The second-order valence-electron chi connectivity index (χ2n) is 5.57. The number of carbonyl (C=O) groups excluding carboxylic acids is 1. The molecule has 0 radical (unpaired) electrons. The van der Waals surface area contributed by atoms with Gasteiger partial charge in [0.15, 0.2) is 18.1 Å². The Bertz CT molecular complexity index is 751. The van der Waals surface area contributed by atoms with Gasteiger partial charge in [-0.1, -0.05) is 35.9 Å². The Hall–Kier alpha value is -2.75. The van der Waals surface area contributed by atoms with Gasteiger partial charge in [0, 0.05) is 5.69 Å². The van der Waals surface area contributed by atoms with Crippen LogP contribution in [0.15, 0.2) is 42.5 Å². The lowest BCUT2D eigenvalue weighted by atomic mass is 10.1. The molecule has 4 nitrogen and oxygen atoms in total. The lowest BCUT2D eigenvalue weighted by Gasteiger charge is -2.12. The summed E-state index contributed by atoms with van der Waals surface area (Å²) < 4.78 is 10.9. The molecule has 0 aromatic heterocycles. The highest BCUT2D eigenvalue weighted by atomic mass is 16.5. The molecule has 2 aromatic rings. The fourth-order valence-electron chi connectivity index (χ4n) is 2.38. The van der Waals surface area contributed by atoms with Gasteiger partial charge in [0.1, 0.15) is 0 Å². The van der Waals surface area contributed by atoms with Crippen LogP contribution in [0.5, 0.6) is 11.5 Å². The topological polar surface area (TPSA) is 47.6 Å². The SMILES string of the molecule is C/C=C/c1ccc(OCC(=O)Nc2ccc(C)cc2C)c(OC)c1. The summed E-state index contributed by atoms with van der Waals surface area (Å²) in [5.74, 6) is 0.938. The third kappa shape index (κ3) is 4.62. The van der Waals surface area contributed by atoms with Gasteiger partial charge < -0.3 is 14.8 Å². The van der Waals surface area contributed by atoms with Crippen LogP contribution in [-0.2, 0) is 4.79 Å². The third-order valence-corrected chi connectivity index (χ3v) is 3.56. The number of methoxy groups -OCH3 is 1. The molecule has 0 unspecified atom stereocenters. The van der Waals surface area contributed by atoms with E-state index in [2.05, 4.69) is 5.32 Å². The molecule has 0 aliphatic carbocycles. The third-order valence-electron chi connectivity index (χ3n) is 3.56. The minimum Gasteiger partial charge on any atom is -0.493 e. The number of hydrogen-bond acceptors (Lipinski definition) is 3. The molecular weight excluding hydrogens is 302 g/mol. The van der Waals surface area contributed by atoms with Crippen LogP contribution in [-0.4, -0.2) is 19.6 Å². The molecule has 0 saturated carbocycles. The highest BCUT2D eigenvalue weighted by molar-refractivity contribution is 5.92. The summed E-state index contributed by atoms with van der Waals surface area (Å²) >= 11 is 0. The monoisotopic (exact) mass is 325 g/mol. The summed E-state index contributed by atoms with van der Waals surface area (Å²) in [6.07, 6.45) is 3.92. The Kier molecular flexibility index (Phi) is 6.01. The number of hydrogen-bond donors (Lipinski definition) is 1. The Morgan fingerprint density at radius 2 is 1.92 bits per heavy atom. The lowest BCUT2D eigenvalue weighted by molar-refractivity contribution is -0.118. The van der Waals surface area contributed by atoms with E-state index in [1.54, 1.807) is 13.2 Å². The molecule has 0 atom stereocenters. The summed E-state index contributed by atoms with van der Waals surface area (Å²) in [7, 11) is 1.58. The summed E-state index contributed by atoms with van der Waals surface area (Å²) in [6, 6.07) is 11.5. The van der Waals surface area contributed by atoms with Crippen molar-refractivity contribution >= 4 is 17.7 Å². The van der Waals surface area contributed by atoms with E-state index in [1.165, 1.54) is 0 Å². The number of allylic oxidation sites excluding steroid dienone is 1. The molecule has 2 aromatic carbocycles. The zero-order chi connectivity index (χ0) is 17.5. The number of benzene rings is 2. The van der Waals surface area contributed by atoms with E-state index in [1.807, 2.05) is 63.3 Å². The van der Waals surface area contributed by atoms with Gasteiger partial charge in [0.05, 0.1) is 7.11 Å². The molecule has 0 heterocycles. The number of rotatable bonds is 6. The van der Waals surface area contributed by atoms with Gasteiger partial charge in [0.2, 0.25) is 0 Å². The zero-order valence-corrected chi connectivity index (χ0v) is 14.6. The van der Waals surface area contributed by atoms with Gasteiger partial charge in [0.25, 0.3) is 5.91 Å². The molecule has 0 aliphatic heterocycles. The maximum absolute atomic E-state index is 12.1. The number of ether oxygens (including phenoxy) is 2. The Morgan fingerprint density at radius 3 is 2.58 bits per heavy atom. The first kappa shape index (κ1) is 17.6. The molecule has 1 amide bonds. The van der Waals surface area contributed by atoms with Crippen LogP contribution >= 0.6 is 0 Å². The van der Waals surface area contributed by atoms with Crippen LogP contribution in [0.2, 0.25) is 0 Å². The molecule has 126 valence electrons. The van der Waals surface area contributed by atoms with Crippen LogP contribution in [0.1, 0.15) is 23.6 Å². The average Bonchev–Trinajstić information content (AvgIpc) is 2.56. The van der Waals surface area contributed by atoms with Gasteiger partial charge in [-0.05, 0) is 50.1 Å². The van der Waals surface area contributed by atoms with Gasteiger partial charge >= 0.3 is 0 Å². The number of carbonyl (C=O) groups is 1. The van der Waals surface area contributed by atoms with E-state index < -0.39 is 0 Å². The van der Waals surface area contributed by atoms with Gasteiger partial charge in [-0.3, -0.25) is 4.79 Å². The van der Waals surface area contributed by atoms with Crippen LogP contribution in [0.25, 0.3) is 6.08 Å². The molecule has 24 heavy (non-hydrogen) atoms. The predicted octanol–water partition coefficient (Wildman–Crippen LogP) is 4.36. The normalized spacial score (nSPS) is 10.7.